The van der Waals surface area contributed by atoms with Gasteiger partial charge in [-0.15, -0.1) is 0 Å². The van der Waals surface area contributed by atoms with Gasteiger partial charge >= 0.3 is 0 Å². The summed E-state index contributed by atoms with van der Waals surface area (Å²) in [4.78, 5) is 17.6. The van der Waals surface area contributed by atoms with Crippen LogP contribution in [0.2, 0.25) is 0 Å². The molecule has 5 rings (SSSR count). The number of aromatic amines is 1. The van der Waals surface area contributed by atoms with Crippen molar-refractivity contribution < 1.29 is 1.43 Å². The molecule has 1 N–H and O–H groups in total. The zero-order valence-electron chi connectivity index (χ0n) is 15.6. The summed E-state index contributed by atoms with van der Waals surface area (Å²) in [6, 6.07) is 6.63. The Labute approximate surface area is 155 Å². The summed E-state index contributed by atoms with van der Waals surface area (Å²) in [6.07, 6.45) is 7.84. The lowest BCUT2D eigenvalue weighted by Gasteiger charge is -2.24. The number of aromatic nitrogens is 3. The van der Waals surface area contributed by atoms with Crippen LogP contribution in [-0.4, -0.2) is 20.7 Å². The van der Waals surface area contributed by atoms with Crippen LogP contribution >= 0.6 is 0 Å². The molecule has 1 atom stereocenters. The predicted molar refractivity (Wildman–Crippen MR) is 108 cm³/mol. The summed E-state index contributed by atoms with van der Waals surface area (Å²) >= 11 is 0. The summed E-state index contributed by atoms with van der Waals surface area (Å²) in [7, 11) is 0. The third kappa shape index (κ3) is 2.32. The van der Waals surface area contributed by atoms with Crippen LogP contribution in [0, 0.1) is 5.92 Å². The third-order valence-electron chi connectivity index (χ3n) is 6.02. The molecule has 1 fully saturated rings. The van der Waals surface area contributed by atoms with Gasteiger partial charge in [0.1, 0.15) is 5.65 Å². The van der Waals surface area contributed by atoms with E-state index in [9.17, 15) is 0 Å². The first-order chi connectivity index (χ1) is 12.6. The van der Waals surface area contributed by atoms with E-state index in [1.165, 1.54) is 36.2 Å². The minimum absolute atomic E-state index is 0. The first kappa shape index (κ1) is 15.7. The molecule has 1 unspecified atom stereocenters. The SMILES string of the molecule is CC1=Nc2cnc(-c3c[nH]c4nc(C5CCC5)ccc34)cc2C1C(C)C.[HH]. The van der Waals surface area contributed by atoms with Gasteiger partial charge in [-0.25, -0.2) is 4.98 Å². The Balaban J connectivity index is 0.00000180. The number of hydrogen-bond donors (Lipinski definition) is 1. The third-order valence-corrected chi connectivity index (χ3v) is 6.02. The number of aliphatic imine (C=N–C) groups is 1. The molecule has 134 valence electrons. The predicted octanol–water partition coefficient (Wildman–Crippen LogP) is 5.98. The minimum atomic E-state index is 0. The summed E-state index contributed by atoms with van der Waals surface area (Å²) in [5.41, 5.74) is 7.85. The Kier molecular flexibility index (Phi) is 3.49. The topological polar surface area (TPSA) is 53.9 Å². The lowest BCUT2D eigenvalue weighted by Crippen LogP contribution is -2.11. The summed E-state index contributed by atoms with van der Waals surface area (Å²) in [6.45, 7) is 6.65. The molecule has 0 spiro atoms. The molecule has 1 saturated carbocycles. The Morgan fingerprint density at radius 3 is 2.81 bits per heavy atom. The maximum absolute atomic E-state index is 4.87. The molecular formula is C22H26N4. The molecule has 26 heavy (non-hydrogen) atoms. The van der Waals surface area contributed by atoms with Crippen LogP contribution in [-0.2, 0) is 0 Å². The van der Waals surface area contributed by atoms with Crippen molar-refractivity contribution in [3.8, 4) is 11.3 Å². The number of H-pyrrole nitrogens is 1. The molecule has 0 aromatic carbocycles. The fraction of sp³-hybridized carbons (Fsp3) is 0.409. The largest absolute Gasteiger partial charge is 0.345 e. The van der Waals surface area contributed by atoms with Gasteiger partial charge in [-0.05, 0) is 49.4 Å². The second-order valence-corrected chi connectivity index (χ2v) is 8.07. The molecule has 1 aliphatic carbocycles. The number of hydrogen-bond acceptors (Lipinski definition) is 3. The monoisotopic (exact) mass is 346 g/mol. The molecule has 1 aliphatic heterocycles. The van der Waals surface area contributed by atoms with Crippen molar-refractivity contribution in [2.75, 3.05) is 0 Å². The molecule has 2 aliphatic rings. The normalized spacial score (nSPS) is 19.7. The van der Waals surface area contributed by atoms with E-state index < -0.39 is 0 Å². The van der Waals surface area contributed by atoms with Gasteiger partial charge in [0.25, 0.3) is 0 Å². The number of fused-ring (bicyclic) bond motifs is 2. The lowest BCUT2D eigenvalue weighted by atomic mass is 9.82. The van der Waals surface area contributed by atoms with Crippen molar-refractivity contribution in [2.24, 2.45) is 10.9 Å². The van der Waals surface area contributed by atoms with Gasteiger partial charge in [0, 0.05) is 41.8 Å². The molecule has 4 nitrogen and oxygen atoms in total. The minimum Gasteiger partial charge on any atom is -0.345 e. The summed E-state index contributed by atoms with van der Waals surface area (Å²) < 4.78 is 0. The van der Waals surface area contributed by atoms with Gasteiger partial charge in [0.05, 0.1) is 17.6 Å². The Hall–Kier alpha value is -2.49. The number of pyridine rings is 2. The van der Waals surface area contributed by atoms with Crippen molar-refractivity contribution in [1.82, 2.24) is 15.0 Å². The molecule has 4 heteroatoms. The molecular weight excluding hydrogens is 320 g/mol. The number of nitrogens with one attached hydrogen (secondary N) is 1. The van der Waals surface area contributed by atoms with E-state index in [1.807, 2.05) is 12.4 Å². The molecule has 4 heterocycles. The number of rotatable bonds is 3. The zero-order valence-corrected chi connectivity index (χ0v) is 15.6. The Bertz CT molecular complexity index is 1030. The van der Waals surface area contributed by atoms with E-state index in [0.29, 0.717) is 17.8 Å². The molecule has 0 amide bonds. The lowest BCUT2D eigenvalue weighted by molar-refractivity contribution is 0.412. The van der Waals surface area contributed by atoms with Gasteiger partial charge in [0.2, 0.25) is 0 Å². The molecule has 3 aromatic heterocycles. The van der Waals surface area contributed by atoms with Crippen LogP contribution in [0.5, 0.6) is 0 Å². The van der Waals surface area contributed by atoms with E-state index in [0.717, 1.165) is 28.0 Å². The van der Waals surface area contributed by atoms with Crippen LogP contribution in [0.25, 0.3) is 22.3 Å². The van der Waals surface area contributed by atoms with Gasteiger partial charge in [-0.2, -0.15) is 0 Å². The van der Waals surface area contributed by atoms with E-state index in [2.05, 4.69) is 44.0 Å². The van der Waals surface area contributed by atoms with Crippen LogP contribution in [0.4, 0.5) is 5.69 Å². The van der Waals surface area contributed by atoms with E-state index in [4.69, 9.17) is 15.0 Å². The quantitative estimate of drug-likeness (QED) is 0.634. The van der Waals surface area contributed by atoms with Crippen LogP contribution in [0.3, 0.4) is 0 Å². The molecule has 3 aromatic rings. The van der Waals surface area contributed by atoms with Crippen LogP contribution in [0.15, 0.2) is 35.6 Å². The first-order valence-corrected chi connectivity index (χ1v) is 9.65. The first-order valence-electron chi connectivity index (χ1n) is 9.65. The van der Waals surface area contributed by atoms with E-state index in [-0.39, 0.29) is 1.43 Å². The molecule has 0 radical (unpaired) electrons. The van der Waals surface area contributed by atoms with E-state index in [1.54, 1.807) is 0 Å². The highest BCUT2D eigenvalue weighted by Crippen LogP contribution is 2.42. The maximum atomic E-state index is 4.87. The standard InChI is InChI=1S/C22H24N4.H2/c1-12(2)21-13(3)25-20-11-23-19(9-16(20)21)17-10-24-22-15(17)7-8-18(26-22)14-5-4-6-14;/h7-12,14,21H,4-6H2,1-3H3,(H,24,26);1H. The van der Waals surface area contributed by atoms with Crippen molar-refractivity contribution in [3.63, 3.8) is 0 Å². The van der Waals surface area contributed by atoms with E-state index >= 15 is 0 Å². The van der Waals surface area contributed by atoms with Crippen molar-refractivity contribution in [1.29, 1.82) is 0 Å². The number of nitrogens with zero attached hydrogens (tertiary/aromatic N) is 3. The van der Waals surface area contributed by atoms with Gasteiger partial charge in [-0.3, -0.25) is 9.98 Å². The maximum Gasteiger partial charge on any atom is 0.138 e. The second kappa shape index (κ2) is 5.76. The van der Waals surface area contributed by atoms with Crippen LogP contribution < -0.4 is 0 Å². The molecule has 0 saturated heterocycles. The van der Waals surface area contributed by atoms with Gasteiger partial charge in [-0.1, -0.05) is 20.3 Å². The fourth-order valence-electron chi connectivity index (χ4n) is 4.44. The fourth-order valence-corrected chi connectivity index (χ4v) is 4.44. The average Bonchev–Trinajstić information content (AvgIpc) is 3.12. The van der Waals surface area contributed by atoms with Crippen molar-refractivity contribution in [3.05, 3.63) is 41.9 Å². The average molecular weight is 346 g/mol. The molecule has 0 bridgehead atoms. The van der Waals surface area contributed by atoms with Crippen molar-refractivity contribution in [2.45, 2.75) is 51.9 Å². The second-order valence-electron chi connectivity index (χ2n) is 8.07. The Morgan fingerprint density at radius 1 is 1.23 bits per heavy atom. The van der Waals surface area contributed by atoms with Crippen LogP contribution in [0.1, 0.15) is 64.6 Å². The zero-order chi connectivity index (χ0) is 17.8. The highest BCUT2D eigenvalue weighted by Gasteiger charge is 2.28. The Morgan fingerprint density at radius 2 is 2.08 bits per heavy atom. The smallest absolute Gasteiger partial charge is 0.138 e. The van der Waals surface area contributed by atoms with Gasteiger partial charge < -0.3 is 4.98 Å². The van der Waals surface area contributed by atoms with Gasteiger partial charge in [0.15, 0.2) is 0 Å². The summed E-state index contributed by atoms with van der Waals surface area (Å²) in [5.74, 6) is 1.57. The highest BCUT2D eigenvalue weighted by atomic mass is 14.9. The van der Waals surface area contributed by atoms with Crippen molar-refractivity contribution >= 4 is 22.4 Å². The highest BCUT2D eigenvalue weighted by molar-refractivity contribution is 5.98. The summed E-state index contributed by atoms with van der Waals surface area (Å²) in [5, 5.41) is 1.15.